The van der Waals surface area contributed by atoms with Gasteiger partial charge in [-0.2, -0.15) is 0 Å². The summed E-state index contributed by atoms with van der Waals surface area (Å²) in [4.78, 5) is 10.8. The van der Waals surface area contributed by atoms with Crippen molar-refractivity contribution in [2.24, 2.45) is 0 Å². The molecule has 0 aliphatic heterocycles. The first kappa shape index (κ1) is 16.9. The maximum atomic E-state index is 12.9. The summed E-state index contributed by atoms with van der Waals surface area (Å²) in [6, 6.07) is 9.13. The van der Waals surface area contributed by atoms with E-state index in [1.807, 2.05) is 30.3 Å². The van der Waals surface area contributed by atoms with Gasteiger partial charge in [0, 0.05) is 6.42 Å². The summed E-state index contributed by atoms with van der Waals surface area (Å²) >= 11 is 0. The molecule has 0 spiro atoms. The van der Waals surface area contributed by atoms with E-state index in [-0.39, 0.29) is 26.1 Å². The quantitative estimate of drug-likeness (QED) is 0.701. The Bertz CT molecular complexity index is 450. The highest BCUT2D eigenvalue weighted by atomic mass is 31.2. The van der Waals surface area contributed by atoms with Crippen LogP contribution in [0.5, 0.6) is 0 Å². The van der Waals surface area contributed by atoms with Crippen molar-refractivity contribution in [3.05, 3.63) is 35.9 Å². The van der Waals surface area contributed by atoms with E-state index in [1.54, 1.807) is 13.8 Å². The zero-order valence-corrected chi connectivity index (χ0v) is 12.7. The first-order valence-electron chi connectivity index (χ1n) is 6.69. The van der Waals surface area contributed by atoms with Crippen molar-refractivity contribution in [3.63, 3.8) is 0 Å². The van der Waals surface area contributed by atoms with Crippen molar-refractivity contribution in [3.8, 4) is 0 Å². The van der Waals surface area contributed by atoms with E-state index in [2.05, 4.69) is 0 Å². The molecule has 0 aromatic heterocycles. The number of hydrogen-bond donors (Lipinski definition) is 1. The fourth-order valence-electron chi connectivity index (χ4n) is 2.02. The molecule has 6 heteroatoms. The van der Waals surface area contributed by atoms with Gasteiger partial charge in [0.2, 0.25) is 0 Å². The van der Waals surface area contributed by atoms with Crippen LogP contribution < -0.4 is 0 Å². The SMILES string of the molecule is CCOP(=O)(OCC)[C@@H](CCC(=O)O)c1ccccc1. The zero-order valence-electron chi connectivity index (χ0n) is 11.8. The van der Waals surface area contributed by atoms with Gasteiger partial charge >= 0.3 is 13.6 Å². The van der Waals surface area contributed by atoms with Crippen molar-refractivity contribution in [2.45, 2.75) is 32.3 Å². The normalized spacial score (nSPS) is 13.1. The Morgan fingerprint density at radius 1 is 1.20 bits per heavy atom. The van der Waals surface area contributed by atoms with E-state index in [1.165, 1.54) is 0 Å². The van der Waals surface area contributed by atoms with Gasteiger partial charge in [0.1, 0.15) is 0 Å². The predicted molar refractivity (Wildman–Crippen MR) is 76.9 cm³/mol. The standard InChI is InChI=1S/C14H21O5P/c1-3-18-20(17,19-4-2)13(10-11-14(15)16)12-8-6-5-7-9-12/h5-9,13H,3-4,10-11H2,1-2H3,(H,15,16)/t13-/m0/s1. The molecule has 0 saturated heterocycles. The van der Waals surface area contributed by atoms with Crippen molar-refractivity contribution >= 4 is 13.6 Å². The molecule has 1 rings (SSSR count). The maximum absolute atomic E-state index is 12.9. The van der Waals surface area contributed by atoms with Crippen molar-refractivity contribution in [2.75, 3.05) is 13.2 Å². The van der Waals surface area contributed by atoms with E-state index in [4.69, 9.17) is 14.2 Å². The molecule has 1 aromatic carbocycles. The lowest BCUT2D eigenvalue weighted by atomic mass is 10.1. The molecule has 112 valence electrons. The number of hydrogen-bond acceptors (Lipinski definition) is 4. The second-order valence-corrected chi connectivity index (χ2v) is 6.45. The van der Waals surface area contributed by atoms with Crippen molar-refractivity contribution < 1.29 is 23.5 Å². The fourth-order valence-corrected chi connectivity index (χ4v) is 4.16. The van der Waals surface area contributed by atoms with Gasteiger partial charge in [-0.3, -0.25) is 9.36 Å². The van der Waals surface area contributed by atoms with E-state index in [0.717, 1.165) is 5.56 Å². The number of carbonyl (C=O) groups is 1. The lowest BCUT2D eigenvalue weighted by Crippen LogP contribution is -2.09. The van der Waals surface area contributed by atoms with Gasteiger partial charge in [-0.15, -0.1) is 0 Å². The van der Waals surface area contributed by atoms with Crippen LogP contribution in [0, 0.1) is 0 Å². The minimum absolute atomic E-state index is 0.0797. The van der Waals surface area contributed by atoms with Crippen LogP contribution in [0.15, 0.2) is 30.3 Å². The topological polar surface area (TPSA) is 72.8 Å². The zero-order chi connectivity index (χ0) is 15.0. The minimum atomic E-state index is -3.37. The van der Waals surface area contributed by atoms with Gasteiger partial charge in [0.15, 0.2) is 0 Å². The first-order chi connectivity index (χ1) is 9.53. The summed E-state index contributed by atoms with van der Waals surface area (Å²) in [6.45, 7) is 4.00. The lowest BCUT2D eigenvalue weighted by Gasteiger charge is -2.26. The second kappa shape index (κ2) is 8.20. The van der Waals surface area contributed by atoms with Crippen LogP contribution in [0.25, 0.3) is 0 Å². The molecule has 1 aromatic rings. The number of carboxylic acids is 1. The van der Waals surface area contributed by atoms with Gasteiger partial charge in [-0.25, -0.2) is 0 Å². The van der Waals surface area contributed by atoms with Crippen LogP contribution >= 0.6 is 7.60 Å². The molecule has 0 amide bonds. The highest BCUT2D eigenvalue weighted by molar-refractivity contribution is 7.54. The van der Waals surface area contributed by atoms with Crippen LogP contribution in [0.4, 0.5) is 0 Å². The molecule has 0 unspecified atom stereocenters. The van der Waals surface area contributed by atoms with E-state index < -0.39 is 19.2 Å². The Labute approximate surface area is 119 Å². The third-order valence-corrected chi connectivity index (χ3v) is 5.37. The van der Waals surface area contributed by atoms with Crippen LogP contribution in [-0.4, -0.2) is 24.3 Å². The van der Waals surface area contributed by atoms with Crippen LogP contribution in [0.1, 0.15) is 37.9 Å². The smallest absolute Gasteiger partial charge is 0.338 e. The molecule has 0 bridgehead atoms. The molecular weight excluding hydrogens is 279 g/mol. The van der Waals surface area contributed by atoms with Gasteiger partial charge in [-0.1, -0.05) is 30.3 Å². The summed E-state index contributed by atoms with van der Waals surface area (Å²) < 4.78 is 23.6. The molecule has 20 heavy (non-hydrogen) atoms. The Hall–Kier alpha value is -1.16. The molecular formula is C14H21O5P. The molecule has 0 saturated carbocycles. The van der Waals surface area contributed by atoms with Crippen molar-refractivity contribution in [1.29, 1.82) is 0 Å². The molecule has 5 nitrogen and oxygen atoms in total. The van der Waals surface area contributed by atoms with Gasteiger partial charge in [-0.05, 0) is 25.8 Å². The van der Waals surface area contributed by atoms with Crippen LogP contribution in [0.2, 0.25) is 0 Å². The van der Waals surface area contributed by atoms with Crippen molar-refractivity contribution in [1.82, 2.24) is 0 Å². The maximum Gasteiger partial charge on any atom is 0.338 e. The average Bonchev–Trinajstić information content (AvgIpc) is 2.40. The molecule has 1 N–H and O–H groups in total. The van der Waals surface area contributed by atoms with Crippen LogP contribution in [-0.2, 0) is 18.4 Å². The summed E-state index contributed by atoms with van der Waals surface area (Å²) in [5.74, 6) is -0.925. The van der Waals surface area contributed by atoms with Gasteiger partial charge in [0.05, 0.1) is 18.9 Å². The third kappa shape index (κ3) is 4.75. The molecule has 1 atom stereocenters. The Balaban J connectivity index is 3.07. The molecule has 0 radical (unpaired) electrons. The molecule has 0 aliphatic carbocycles. The number of aliphatic carboxylic acids is 1. The Morgan fingerprint density at radius 3 is 2.20 bits per heavy atom. The number of benzene rings is 1. The summed E-state index contributed by atoms with van der Waals surface area (Å²) in [7, 11) is -3.37. The fraction of sp³-hybridized carbons (Fsp3) is 0.500. The lowest BCUT2D eigenvalue weighted by molar-refractivity contribution is -0.137. The van der Waals surface area contributed by atoms with Crippen LogP contribution in [0.3, 0.4) is 0 Å². The second-order valence-electron chi connectivity index (χ2n) is 4.23. The highest BCUT2D eigenvalue weighted by Gasteiger charge is 2.36. The third-order valence-electron chi connectivity index (χ3n) is 2.82. The first-order valence-corrected chi connectivity index (χ1v) is 8.30. The van der Waals surface area contributed by atoms with Gasteiger partial charge < -0.3 is 14.2 Å². The van der Waals surface area contributed by atoms with E-state index in [0.29, 0.717) is 0 Å². The predicted octanol–water partition coefficient (Wildman–Crippen LogP) is 3.86. The molecule has 0 heterocycles. The van der Waals surface area contributed by atoms with E-state index >= 15 is 0 Å². The largest absolute Gasteiger partial charge is 0.481 e. The number of rotatable bonds is 9. The average molecular weight is 300 g/mol. The number of carboxylic acid groups (broad SMARTS) is 1. The molecule has 0 aliphatic rings. The monoisotopic (exact) mass is 300 g/mol. The summed E-state index contributed by atoms with van der Waals surface area (Å²) in [5, 5.41) is 8.86. The van der Waals surface area contributed by atoms with E-state index in [9.17, 15) is 9.36 Å². The highest BCUT2D eigenvalue weighted by Crippen LogP contribution is 2.62. The van der Waals surface area contributed by atoms with Gasteiger partial charge in [0.25, 0.3) is 0 Å². The summed E-state index contributed by atoms with van der Waals surface area (Å²) in [5.41, 5.74) is 0.221. The minimum Gasteiger partial charge on any atom is -0.481 e. The summed E-state index contributed by atoms with van der Waals surface area (Å²) in [6.07, 6.45) is 0.139. The molecule has 0 fully saturated rings. The Morgan fingerprint density at radius 2 is 1.75 bits per heavy atom. The Kier molecular flexibility index (Phi) is 6.93.